The van der Waals surface area contributed by atoms with Gasteiger partial charge in [-0.3, -0.25) is 0 Å². The van der Waals surface area contributed by atoms with Crippen LogP contribution in [0, 0.1) is 19.1 Å². The van der Waals surface area contributed by atoms with Gasteiger partial charge in [-0.05, 0) is 26.0 Å². The Kier molecular flexibility index (Phi) is 3.59. The van der Waals surface area contributed by atoms with Crippen molar-refractivity contribution in [1.29, 1.82) is 0 Å². The topological polar surface area (TPSA) is 108 Å². The molecule has 2 heterocycles. The highest BCUT2D eigenvalue weighted by Gasteiger charge is 2.28. The van der Waals surface area contributed by atoms with Gasteiger partial charge < -0.3 is 19.7 Å². The van der Waals surface area contributed by atoms with E-state index in [9.17, 15) is 13.6 Å². The molecule has 26 heavy (non-hydrogen) atoms. The van der Waals surface area contributed by atoms with E-state index in [1.54, 1.807) is 13.8 Å². The number of nitrogens with zero attached hydrogens (tertiary/aromatic N) is 2. The number of H-pyrrole nitrogens is 1. The first-order valence-electron chi connectivity index (χ1n) is 9.09. The van der Waals surface area contributed by atoms with Crippen molar-refractivity contribution in [3.63, 3.8) is 0 Å². The lowest BCUT2D eigenvalue weighted by Crippen LogP contribution is -2.35. The average molecular weight is 381 g/mol. The van der Waals surface area contributed by atoms with Crippen LogP contribution in [0.1, 0.15) is 20.9 Å². The lowest BCUT2D eigenvalue weighted by Gasteiger charge is -2.13. The number of fused-ring (bicyclic) bond motifs is 1. The second kappa shape index (κ2) is 6.49. The van der Waals surface area contributed by atoms with E-state index >= 15 is 0 Å². The summed E-state index contributed by atoms with van der Waals surface area (Å²) in [5.41, 5.74) is 1.65. The molecule has 0 aliphatic heterocycles. The number of methoxy groups -OCH3 is 2. The molecule has 0 amide bonds. The third-order valence-electron chi connectivity index (χ3n) is 4.08. The smallest absolute Gasteiger partial charge is 0.226 e. The van der Waals surface area contributed by atoms with Gasteiger partial charge in [0.2, 0.25) is 20.7 Å². The minimum Gasteiger partial charge on any atom is -0.618 e. The Labute approximate surface area is 155 Å². The van der Waals surface area contributed by atoms with Gasteiger partial charge in [0.1, 0.15) is 17.3 Å². The molecule has 1 aromatic carbocycles. The van der Waals surface area contributed by atoms with Crippen molar-refractivity contribution in [2.75, 3.05) is 14.1 Å². The Balaban J connectivity index is 1.99. The van der Waals surface area contributed by atoms with Crippen molar-refractivity contribution in [2.24, 2.45) is 0 Å². The summed E-state index contributed by atoms with van der Waals surface area (Å²) < 4.78 is 57.7. The number of ether oxygens (including phenoxy) is 2. The van der Waals surface area contributed by atoms with Gasteiger partial charge >= 0.3 is 0 Å². The van der Waals surface area contributed by atoms with Crippen molar-refractivity contribution in [2.45, 2.75) is 24.8 Å². The molecule has 2 aromatic heterocycles. The fraction of sp³-hybridized carbons (Fsp3) is 0.294. The first kappa shape index (κ1) is 14.4. The number of pyridine rings is 1. The van der Waals surface area contributed by atoms with Crippen LogP contribution in [0.2, 0.25) is 0 Å². The van der Waals surface area contributed by atoms with Crippen molar-refractivity contribution >= 4 is 20.9 Å². The number of rotatable bonds is 5. The van der Waals surface area contributed by atoms with Gasteiger partial charge in [0, 0.05) is 6.07 Å². The zero-order valence-corrected chi connectivity index (χ0v) is 15.2. The molecule has 0 bridgehead atoms. The molecular formula is C17H19N3O5S. The highest BCUT2D eigenvalue weighted by molar-refractivity contribution is 7.90. The molecule has 3 aromatic rings. The quantitative estimate of drug-likeness (QED) is 0.410. The minimum atomic E-state index is -4.00. The SMILES string of the molecule is [2H][13C]([2H])([2H])Oc1ccc2nc(S(=O)(=O)Cc3c(C)c(OC)c(C)c[n+]3[O-])[nH]c2c1. The fourth-order valence-electron chi connectivity index (χ4n) is 2.81. The summed E-state index contributed by atoms with van der Waals surface area (Å²) >= 11 is 0. The van der Waals surface area contributed by atoms with E-state index in [0.717, 1.165) is 0 Å². The highest BCUT2D eigenvalue weighted by Crippen LogP contribution is 2.26. The van der Waals surface area contributed by atoms with E-state index in [1.807, 2.05) is 0 Å². The number of hydrogen-bond donors (Lipinski definition) is 1. The predicted octanol–water partition coefficient (Wildman–Crippen LogP) is 1.80. The molecule has 0 fully saturated rings. The van der Waals surface area contributed by atoms with E-state index in [1.165, 1.54) is 31.5 Å². The van der Waals surface area contributed by atoms with Crippen LogP contribution in [0.5, 0.6) is 11.5 Å². The number of aromatic amines is 1. The van der Waals surface area contributed by atoms with Crippen LogP contribution >= 0.6 is 0 Å². The molecule has 0 saturated carbocycles. The molecule has 138 valence electrons. The van der Waals surface area contributed by atoms with Crippen molar-refractivity contribution in [1.82, 2.24) is 9.97 Å². The lowest BCUT2D eigenvalue weighted by atomic mass is 10.1. The molecule has 0 aliphatic rings. The van der Waals surface area contributed by atoms with E-state index in [2.05, 4.69) is 9.97 Å². The Bertz CT molecular complexity index is 1190. The van der Waals surface area contributed by atoms with E-state index in [-0.39, 0.29) is 16.6 Å². The molecule has 3 rings (SSSR count). The molecule has 0 atom stereocenters. The van der Waals surface area contributed by atoms with Crippen LogP contribution in [0.25, 0.3) is 11.0 Å². The number of nitrogens with one attached hydrogen (secondary N) is 1. The summed E-state index contributed by atoms with van der Waals surface area (Å²) in [5.74, 6) is -0.0998. The van der Waals surface area contributed by atoms with Crippen LogP contribution in [0.4, 0.5) is 0 Å². The first-order chi connectivity index (χ1) is 13.4. The third-order valence-corrected chi connectivity index (χ3v) is 5.52. The minimum absolute atomic E-state index is 0.0272. The second-order valence-corrected chi connectivity index (χ2v) is 7.73. The molecule has 0 radical (unpaired) electrons. The van der Waals surface area contributed by atoms with E-state index in [0.29, 0.717) is 32.6 Å². The van der Waals surface area contributed by atoms with Gasteiger partial charge in [-0.1, -0.05) is 0 Å². The number of aryl methyl sites for hydroxylation is 1. The molecule has 0 saturated heterocycles. The first-order valence-corrected chi connectivity index (χ1v) is 9.24. The maximum Gasteiger partial charge on any atom is 0.226 e. The van der Waals surface area contributed by atoms with E-state index < -0.39 is 22.6 Å². The van der Waals surface area contributed by atoms with Gasteiger partial charge in [-0.25, -0.2) is 13.4 Å². The molecule has 0 unspecified atom stereocenters. The fourth-order valence-corrected chi connectivity index (χ4v) is 4.16. The predicted molar refractivity (Wildman–Crippen MR) is 95.0 cm³/mol. The number of imidazole rings is 1. The maximum atomic E-state index is 12.9. The Morgan fingerprint density at radius 3 is 2.81 bits per heavy atom. The number of benzene rings is 1. The molecule has 0 spiro atoms. The number of hydrogen-bond acceptors (Lipinski definition) is 6. The zero-order valence-electron chi connectivity index (χ0n) is 17.4. The largest absolute Gasteiger partial charge is 0.618 e. The summed E-state index contributed by atoms with van der Waals surface area (Å²) in [4.78, 5) is 6.71. The summed E-state index contributed by atoms with van der Waals surface area (Å²) in [6.45, 7) is 3.30. The average Bonchev–Trinajstić information content (AvgIpc) is 3.02. The summed E-state index contributed by atoms with van der Waals surface area (Å²) in [6.07, 6.45) is 1.26. The van der Waals surface area contributed by atoms with Crippen LogP contribution in [-0.2, 0) is 15.6 Å². The summed E-state index contributed by atoms with van der Waals surface area (Å²) in [7, 11) is -5.19. The Morgan fingerprint density at radius 2 is 2.12 bits per heavy atom. The molecule has 0 aliphatic carbocycles. The summed E-state index contributed by atoms with van der Waals surface area (Å²) in [5, 5.41) is 11.9. The van der Waals surface area contributed by atoms with Crippen LogP contribution in [0.15, 0.2) is 29.6 Å². The highest BCUT2D eigenvalue weighted by atomic mass is 32.2. The number of sulfone groups is 1. The van der Waals surface area contributed by atoms with Gasteiger partial charge in [0.05, 0.1) is 40.4 Å². The Hall–Kier alpha value is -2.81. The molecule has 1 N–H and O–H groups in total. The lowest BCUT2D eigenvalue weighted by molar-refractivity contribution is -0.613. The third kappa shape index (κ3) is 3.05. The van der Waals surface area contributed by atoms with Crippen LogP contribution in [0.3, 0.4) is 0 Å². The molecule has 8 nitrogen and oxygen atoms in total. The van der Waals surface area contributed by atoms with E-state index in [4.69, 9.17) is 13.6 Å². The van der Waals surface area contributed by atoms with Crippen LogP contribution in [-0.4, -0.2) is 32.5 Å². The monoisotopic (exact) mass is 381 g/mol. The van der Waals surface area contributed by atoms with Gasteiger partial charge in [0.25, 0.3) is 0 Å². The normalized spacial score (nSPS) is 13.9. The zero-order chi connectivity index (χ0) is 21.6. The molecular weight excluding hydrogens is 359 g/mol. The maximum absolute atomic E-state index is 12.9. The van der Waals surface area contributed by atoms with Crippen LogP contribution < -0.4 is 14.2 Å². The van der Waals surface area contributed by atoms with Crippen molar-refractivity contribution in [3.8, 4) is 11.5 Å². The second-order valence-electron chi connectivity index (χ2n) is 5.82. The van der Waals surface area contributed by atoms with Crippen molar-refractivity contribution < 1.29 is 26.7 Å². The summed E-state index contributed by atoms with van der Waals surface area (Å²) in [6, 6.07) is 4.17. The molecule has 9 heteroatoms. The van der Waals surface area contributed by atoms with Gasteiger partial charge in [-0.2, -0.15) is 4.73 Å². The van der Waals surface area contributed by atoms with Gasteiger partial charge in [0.15, 0.2) is 6.20 Å². The standard InChI is InChI=1S/C17H19N3O5S/c1-10-8-20(21)15(11(2)16(10)25-4)9-26(22,23)17-18-13-6-5-12(24-3)7-14(13)19-17/h5-8H,9H2,1-4H3,(H,18,19)/i3+1D3. The van der Waals surface area contributed by atoms with Gasteiger partial charge in [-0.15, -0.1) is 0 Å². The number of aromatic nitrogens is 3. The van der Waals surface area contributed by atoms with Crippen molar-refractivity contribution in [3.05, 3.63) is 46.4 Å². The Morgan fingerprint density at radius 1 is 1.35 bits per heavy atom.